The highest BCUT2D eigenvalue weighted by Crippen LogP contribution is 2.30. The highest BCUT2D eigenvalue weighted by Gasteiger charge is 2.34. The Kier molecular flexibility index (Phi) is 4.70. The van der Waals surface area contributed by atoms with Crippen molar-refractivity contribution >= 4 is 10.0 Å². The van der Waals surface area contributed by atoms with Crippen molar-refractivity contribution in [1.82, 2.24) is 4.31 Å². The van der Waals surface area contributed by atoms with Gasteiger partial charge in [0.15, 0.2) is 0 Å². The molecule has 1 heterocycles. The van der Waals surface area contributed by atoms with E-state index in [1.807, 2.05) is 6.92 Å². The lowest BCUT2D eigenvalue weighted by molar-refractivity contribution is 0.0561. The van der Waals surface area contributed by atoms with Gasteiger partial charge in [0.2, 0.25) is 10.0 Å². The summed E-state index contributed by atoms with van der Waals surface area (Å²) in [6.07, 6.45) is 3.32. The number of hydrogen-bond acceptors (Lipinski definition) is 4. The lowest BCUT2D eigenvalue weighted by Gasteiger charge is -2.17. The third-order valence-electron chi connectivity index (χ3n) is 4.14. The van der Waals surface area contributed by atoms with Crippen LogP contribution in [0.4, 0.5) is 0 Å². The Hall–Kier alpha value is -1.11. The van der Waals surface area contributed by atoms with Gasteiger partial charge in [-0.3, -0.25) is 0 Å². The Bertz CT molecular complexity index is 595. The molecule has 1 unspecified atom stereocenters. The number of nitrogens with zero attached hydrogens (tertiary/aromatic N) is 1. The molecule has 1 aliphatic heterocycles. The molecule has 2 aliphatic rings. The first-order chi connectivity index (χ1) is 10.6. The van der Waals surface area contributed by atoms with Crippen molar-refractivity contribution in [3.63, 3.8) is 0 Å². The number of benzene rings is 1. The van der Waals surface area contributed by atoms with E-state index in [1.165, 1.54) is 17.1 Å². The first kappa shape index (κ1) is 15.8. The summed E-state index contributed by atoms with van der Waals surface area (Å²) >= 11 is 0. The molecule has 0 spiro atoms. The van der Waals surface area contributed by atoms with Crippen LogP contribution in [0, 0.1) is 5.92 Å². The Morgan fingerprint density at radius 2 is 1.91 bits per heavy atom. The standard InChI is InChI=1S/C16H23NO4S/c1-2-20-14-5-7-16(8-6-14)22(18,19)17-10-9-15(11-17)21-12-13-3-4-13/h5-8,13,15H,2-4,9-12H2,1H3. The van der Waals surface area contributed by atoms with Crippen LogP contribution in [0.15, 0.2) is 29.2 Å². The molecule has 2 fully saturated rings. The molecule has 1 aliphatic carbocycles. The summed E-state index contributed by atoms with van der Waals surface area (Å²) in [7, 11) is -3.43. The molecule has 6 heteroatoms. The van der Waals surface area contributed by atoms with Crippen molar-refractivity contribution in [1.29, 1.82) is 0 Å². The van der Waals surface area contributed by atoms with Gasteiger partial charge < -0.3 is 9.47 Å². The van der Waals surface area contributed by atoms with Crippen molar-refractivity contribution < 1.29 is 17.9 Å². The first-order valence-corrected chi connectivity index (χ1v) is 9.38. The second kappa shape index (κ2) is 6.56. The van der Waals surface area contributed by atoms with E-state index in [0.717, 1.165) is 13.0 Å². The zero-order valence-electron chi connectivity index (χ0n) is 12.9. The van der Waals surface area contributed by atoms with Crippen LogP contribution in [0.2, 0.25) is 0 Å². The average molecular weight is 325 g/mol. The van der Waals surface area contributed by atoms with Gasteiger partial charge >= 0.3 is 0 Å². The largest absolute Gasteiger partial charge is 0.494 e. The molecule has 1 atom stereocenters. The molecule has 1 saturated heterocycles. The maximum Gasteiger partial charge on any atom is 0.243 e. The topological polar surface area (TPSA) is 55.8 Å². The lowest BCUT2D eigenvalue weighted by atomic mass is 10.3. The van der Waals surface area contributed by atoms with Gasteiger partial charge in [-0.25, -0.2) is 8.42 Å². The Morgan fingerprint density at radius 1 is 1.18 bits per heavy atom. The summed E-state index contributed by atoms with van der Waals surface area (Å²) in [4.78, 5) is 0.318. The average Bonchev–Trinajstić information content (AvgIpc) is 3.22. The molecule has 0 amide bonds. The molecule has 1 aromatic rings. The van der Waals surface area contributed by atoms with Gasteiger partial charge in [0.1, 0.15) is 5.75 Å². The van der Waals surface area contributed by atoms with E-state index < -0.39 is 10.0 Å². The van der Waals surface area contributed by atoms with Gasteiger partial charge in [-0.05, 0) is 56.4 Å². The fourth-order valence-electron chi connectivity index (χ4n) is 2.63. The normalized spacial score (nSPS) is 22.9. The lowest BCUT2D eigenvalue weighted by Crippen LogP contribution is -2.30. The van der Waals surface area contributed by atoms with E-state index in [1.54, 1.807) is 24.3 Å². The van der Waals surface area contributed by atoms with Crippen LogP contribution in [-0.4, -0.2) is 45.1 Å². The quantitative estimate of drug-likeness (QED) is 0.772. The van der Waals surface area contributed by atoms with E-state index in [4.69, 9.17) is 9.47 Å². The van der Waals surface area contributed by atoms with Crippen LogP contribution in [0.25, 0.3) is 0 Å². The zero-order valence-corrected chi connectivity index (χ0v) is 13.7. The summed E-state index contributed by atoms with van der Waals surface area (Å²) in [5, 5.41) is 0. The number of rotatable bonds is 7. The van der Waals surface area contributed by atoms with E-state index in [-0.39, 0.29) is 6.10 Å². The summed E-state index contributed by atoms with van der Waals surface area (Å²) < 4.78 is 37.9. The summed E-state index contributed by atoms with van der Waals surface area (Å²) in [6.45, 7) is 4.24. The van der Waals surface area contributed by atoms with E-state index in [2.05, 4.69) is 0 Å². The molecule has 3 rings (SSSR count). The minimum atomic E-state index is -3.43. The van der Waals surface area contributed by atoms with Crippen LogP contribution < -0.4 is 4.74 Å². The van der Waals surface area contributed by atoms with Crippen molar-refractivity contribution in [3.05, 3.63) is 24.3 Å². The van der Waals surface area contributed by atoms with E-state index >= 15 is 0 Å². The smallest absolute Gasteiger partial charge is 0.243 e. The second-order valence-electron chi connectivity index (χ2n) is 5.95. The zero-order chi connectivity index (χ0) is 15.6. The van der Waals surface area contributed by atoms with Gasteiger partial charge in [0.25, 0.3) is 0 Å². The van der Waals surface area contributed by atoms with E-state index in [0.29, 0.717) is 36.3 Å². The maximum atomic E-state index is 12.6. The number of sulfonamides is 1. The first-order valence-electron chi connectivity index (χ1n) is 7.94. The van der Waals surface area contributed by atoms with Crippen LogP contribution in [-0.2, 0) is 14.8 Å². The van der Waals surface area contributed by atoms with Gasteiger partial charge in [-0.2, -0.15) is 4.31 Å². The maximum absolute atomic E-state index is 12.6. The third kappa shape index (κ3) is 3.62. The Morgan fingerprint density at radius 3 is 2.55 bits per heavy atom. The van der Waals surface area contributed by atoms with Crippen molar-refractivity contribution in [3.8, 4) is 5.75 Å². The Balaban J connectivity index is 1.62. The molecular weight excluding hydrogens is 302 g/mol. The van der Waals surface area contributed by atoms with E-state index in [9.17, 15) is 8.42 Å². The molecule has 0 N–H and O–H groups in total. The van der Waals surface area contributed by atoms with Crippen LogP contribution in [0.1, 0.15) is 26.2 Å². The summed E-state index contributed by atoms with van der Waals surface area (Å²) in [6, 6.07) is 6.62. The van der Waals surface area contributed by atoms with Gasteiger partial charge in [0.05, 0.1) is 17.6 Å². The van der Waals surface area contributed by atoms with Gasteiger partial charge in [-0.1, -0.05) is 0 Å². The molecule has 1 aromatic carbocycles. The van der Waals surface area contributed by atoms with Crippen LogP contribution in [0.5, 0.6) is 5.75 Å². The van der Waals surface area contributed by atoms with Crippen molar-refractivity contribution in [2.24, 2.45) is 5.92 Å². The minimum absolute atomic E-state index is 0.0399. The van der Waals surface area contributed by atoms with Crippen molar-refractivity contribution in [2.75, 3.05) is 26.3 Å². The second-order valence-corrected chi connectivity index (χ2v) is 7.89. The third-order valence-corrected chi connectivity index (χ3v) is 6.02. The SMILES string of the molecule is CCOc1ccc(S(=O)(=O)N2CCC(OCC3CC3)C2)cc1. The van der Waals surface area contributed by atoms with Crippen LogP contribution >= 0.6 is 0 Å². The number of hydrogen-bond donors (Lipinski definition) is 0. The molecule has 5 nitrogen and oxygen atoms in total. The molecule has 22 heavy (non-hydrogen) atoms. The van der Waals surface area contributed by atoms with Crippen LogP contribution in [0.3, 0.4) is 0 Å². The predicted octanol–water partition coefficient (Wildman–Crippen LogP) is 2.27. The summed E-state index contributed by atoms with van der Waals surface area (Å²) in [5.41, 5.74) is 0. The summed E-state index contributed by atoms with van der Waals surface area (Å²) in [5.74, 6) is 1.39. The minimum Gasteiger partial charge on any atom is -0.494 e. The highest BCUT2D eigenvalue weighted by atomic mass is 32.2. The van der Waals surface area contributed by atoms with Gasteiger partial charge in [0, 0.05) is 19.7 Å². The molecule has 1 saturated carbocycles. The monoisotopic (exact) mass is 325 g/mol. The molecular formula is C16H23NO4S. The van der Waals surface area contributed by atoms with Gasteiger partial charge in [-0.15, -0.1) is 0 Å². The predicted molar refractivity (Wildman–Crippen MR) is 83.5 cm³/mol. The Labute approximate surface area is 132 Å². The molecule has 122 valence electrons. The fraction of sp³-hybridized carbons (Fsp3) is 0.625. The van der Waals surface area contributed by atoms with Crippen molar-refractivity contribution in [2.45, 2.75) is 37.2 Å². The molecule has 0 aromatic heterocycles. The number of ether oxygens (including phenoxy) is 2. The molecule has 0 radical (unpaired) electrons. The fourth-order valence-corrected chi connectivity index (χ4v) is 4.12. The highest BCUT2D eigenvalue weighted by molar-refractivity contribution is 7.89. The molecule has 0 bridgehead atoms.